The van der Waals surface area contributed by atoms with Gasteiger partial charge in [0.1, 0.15) is 0 Å². The Labute approximate surface area is 103 Å². The number of hydrogen-bond acceptors (Lipinski definition) is 2. The van der Waals surface area contributed by atoms with Gasteiger partial charge in [-0.2, -0.15) is 0 Å². The van der Waals surface area contributed by atoms with E-state index < -0.39 is 0 Å². The number of hydrogen-bond donors (Lipinski definition) is 1. The number of rotatable bonds is 0. The second-order valence-electron chi connectivity index (χ2n) is 4.89. The summed E-state index contributed by atoms with van der Waals surface area (Å²) in [5, 5.41) is 11.1. The number of para-hydroxylation sites is 1. The highest BCUT2D eigenvalue weighted by Gasteiger charge is 2.23. The highest BCUT2D eigenvalue weighted by Crippen LogP contribution is 2.38. The van der Waals surface area contributed by atoms with E-state index in [1.54, 1.807) is 0 Å². The molecule has 0 aliphatic heterocycles. The van der Waals surface area contributed by atoms with Crippen molar-refractivity contribution in [3.05, 3.63) is 34.4 Å². The third kappa shape index (κ3) is 1.80. The first-order valence-corrected chi connectivity index (χ1v) is 5.98. The van der Waals surface area contributed by atoms with Gasteiger partial charge in [0.2, 0.25) is 0 Å². The van der Waals surface area contributed by atoms with Crippen LogP contribution in [0.25, 0.3) is 10.9 Å². The van der Waals surface area contributed by atoms with E-state index in [2.05, 4.69) is 20.9 Å². The predicted octanol–water partition coefficient (Wildman–Crippen LogP) is 4.00. The van der Waals surface area contributed by atoms with Gasteiger partial charge >= 0.3 is 0 Å². The molecule has 0 saturated carbocycles. The summed E-state index contributed by atoms with van der Waals surface area (Å²) >= 11 is 3.43. The van der Waals surface area contributed by atoms with E-state index >= 15 is 0 Å². The molecule has 0 bridgehead atoms. The van der Waals surface area contributed by atoms with E-state index in [1.165, 1.54) is 0 Å². The molecule has 2 rings (SSSR count). The first-order chi connectivity index (χ1) is 7.41. The smallest absolute Gasteiger partial charge is 0.152 e. The summed E-state index contributed by atoms with van der Waals surface area (Å²) in [6, 6.07) is 7.78. The molecule has 2 aromatic rings. The van der Waals surface area contributed by atoms with Crippen LogP contribution < -0.4 is 0 Å². The Bertz CT molecular complexity index is 543. The fourth-order valence-electron chi connectivity index (χ4n) is 1.68. The van der Waals surface area contributed by atoms with Crippen molar-refractivity contribution < 1.29 is 5.11 Å². The molecule has 0 amide bonds. The molecule has 0 unspecified atom stereocenters. The largest absolute Gasteiger partial charge is 0.505 e. The first-order valence-electron chi connectivity index (χ1n) is 5.19. The minimum absolute atomic E-state index is 0.170. The molecule has 1 aromatic heterocycles. The van der Waals surface area contributed by atoms with Crippen molar-refractivity contribution in [3.63, 3.8) is 0 Å². The molecule has 0 atom stereocenters. The highest BCUT2D eigenvalue weighted by atomic mass is 79.9. The molecule has 0 radical (unpaired) electrons. The van der Waals surface area contributed by atoms with E-state index in [0.29, 0.717) is 0 Å². The zero-order valence-corrected chi connectivity index (χ0v) is 11.2. The average molecular weight is 280 g/mol. The van der Waals surface area contributed by atoms with Crippen LogP contribution in [-0.4, -0.2) is 10.1 Å². The molecule has 0 aliphatic carbocycles. The van der Waals surface area contributed by atoms with Crippen molar-refractivity contribution in [1.82, 2.24) is 4.98 Å². The minimum Gasteiger partial charge on any atom is -0.505 e. The molecule has 2 nitrogen and oxygen atoms in total. The molecule has 1 aromatic carbocycles. The molecular formula is C13H14BrNO. The molecule has 0 saturated heterocycles. The third-order valence-corrected chi connectivity index (χ3v) is 3.32. The first kappa shape index (κ1) is 11.4. The molecule has 16 heavy (non-hydrogen) atoms. The average Bonchev–Trinajstić information content (AvgIpc) is 2.22. The monoisotopic (exact) mass is 279 g/mol. The number of fused-ring (bicyclic) bond motifs is 1. The normalized spacial score (nSPS) is 12.0. The summed E-state index contributed by atoms with van der Waals surface area (Å²) in [6.07, 6.45) is 0. The Morgan fingerprint density at radius 2 is 1.81 bits per heavy atom. The van der Waals surface area contributed by atoms with Crippen LogP contribution in [0.1, 0.15) is 26.5 Å². The predicted molar refractivity (Wildman–Crippen MR) is 69.8 cm³/mol. The SMILES string of the molecule is CC(C)(C)c1nc2ccccc2c(Br)c1O. The lowest BCUT2D eigenvalue weighted by Gasteiger charge is -2.20. The van der Waals surface area contributed by atoms with Crippen LogP contribution in [0.4, 0.5) is 0 Å². The van der Waals surface area contributed by atoms with Gasteiger partial charge in [-0.3, -0.25) is 0 Å². The van der Waals surface area contributed by atoms with E-state index in [0.717, 1.165) is 21.1 Å². The van der Waals surface area contributed by atoms with Gasteiger partial charge < -0.3 is 5.11 Å². The Hall–Kier alpha value is -1.09. The van der Waals surface area contributed by atoms with Crippen molar-refractivity contribution in [2.24, 2.45) is 0 Å². The van der Waals surface area contributed by atoms with Gasteiger partial charge in [0.15, 0.2) is 5.75 Å². The summed E-state index contributed by atoms with van der Waals surface area (Å²) < 4.78 is 0.725. The lowest BCUT2D eigenvalue weighted by atomic mass is 9.90. The zero-order valence-electron chi connectivity index (χ0n) is 9.58. The van der Waals surface area contributed by atoms with Crippen LogP contribution in [0, 0.1) is 0 Å². The minimum atomic E-state index is -0.170. The molecule has 1 heterocycles. The number of aromatic nitrogens is 1. The maximum Gasteiger partial charge on any atom is 0.152 e. The molecule has 0 fully saturated rings. The van der Waals surface area contributed by atoms with Crippen molar-refractivity contribution in [1.29, 1.82) is 0 Å². The van der Waals surface area contributed by atoms with Crippen molar-refractivity contribution >= 4 is 26.8 Å². The molecule has 0 spiro atoms. The summed E-state index contributed by atoms with van der Waals surface area (Å²) in [4.78, 5) is 4.53. The third-order valence-electron chi connectivity index (χ3n) is 2.52. The topological polar surface area (TPSA) is 33.1 Å². The standard InChI is InChI=1S/C13H14BrNO/c1-13(2,3)12-11(16)10(14)8-6-4-5-7-9(8)15-12/h4-7,16H,1-3H3. The van der Waals surface area contributed by atoms with E-state index in [1.807, 2.05) is 45.0 Å². The van der Waals surface area contributed by atoms with Gasteiger partial charge in [0.25, 0.3) is 0 Å². The van der Waals surface area contributed by atoms with Crippen molar-refractivity contribution in [2.75, 3.05) is 0 Å². The number of pyridine rings is 1. The molecular weight excluding hydrogens is 266 g/mol. The van der Waals surface area contributed by atoms with Gasteiger partial charge in [-0.1, -0.05) is 39.0 Å². The zero-order chi connectivity index (χ0) is 11.9. The Kier molecular flexibility index (Phi) is 2.66. The van der Waals surface area contributed by atoms with E-state index in [-0.39, 0.29) is 11.2 Å². The van der Waals surface area contributed by atoms with Gasteiger partial charge in [0.05, 0.1) is 15.7 Å². The molecule has 0 aliphatic rings. The summed E-state index contributed by atoms with van der Waals surface area (Å²) in [5.41, 5.74) is 1.45. The van der Waals surface area contributed by atoms with E-state index in [4.69, 9.17) is 0 Å². The Morgan fingerprint density at radius 3 is 2.44 bits per heavy atom. The molecule has 3 heteroatoms. The second kappa shape index (κ2) is 3.74. The van der Waals surface area contributed by atoms with Crippen LogP contribution in [0.5, 0.6) is 5.75 Å². The maximum atomic E-state index is 10.1. The lowest BCUT2D eigenvalue weighted by Crippen LogP contribution is -2.14. The van der Waals surface area contributed by atoms with Gasteiger partial charge in [-0.05, 0) is 22.0 Å². The van der Waals surface area contributed by atoms with Crippen LogP contribution in [-0.2, 0) is 5.41 Å². The van der Waals surface area contributed by atoms with Crippen LogP contribution in [0.2, 0.25) is 0 Å². The molecule has 1 N–H and O–H groups in total. The lowest BCUT2D eigenvalue weighted by molar-refractivity contribution is 0.437. The quantitative estimate of drug-likeness (QED) is 0.791. The van der Waals surface area contributed by atoms with Crippen LogP contribution in [0.15, 0.2) is 28.7 Å². The number of halogens is 1. The Balaban J connectivity index is 2.84. The van der Waals surface area contributed by atoms with Gasteiger partial charge in [-0.15, -0.1) is 0 Å². The van der Waals surface area contributed by atoms with Gasteiger partial charge in [0, 0.05) is 10.8 Å². The summed E-state index contributed by atoms with van der Waals surface area (Å²) in [6.45, 7) is 6.11. The number of aromatic hydroxyl groups is 1. The van der Waals surface area contributed by atoms with Crippen LogP contribution in [0.3, 0.4) is 0 Å². The summed E-state index contributed by atoms with van der Waals surface area (Å²) in [5.74, 6) is 0.242. The van der Waals surface area contributed by atoms with Crippen molar-refractivity contribution in [2.45, 2.75) is 26.2 Å². The van der Waals surface area contributed by atoms with Gasteiger partial charge in [-0.25, -0.2) is 4.98 Å². The molecule has 84 valence electrons. The fraction of sp³-hybridized carbons (Fsp3) is 0.308. The maximum absolute atomic E-state index is 10.1. The Morgan fingerprint density at radius 1 is 1.19 bits per heavy atom. The summed E-state index contributed by atoms with van der Waals surface area (Å²) in [7, 11) is 0. The number of nitrogens with zero attached hydrogens (tertiary/aromatic N) is 1. The van der Waals surface area contributed by atoms with Crippen molar-refractivity contribution in [3.8, 4) is 5.75 Å². The highest BCUT2D eigenvalue weighted by molar-refractivity contribution is 9.10. The van der Waals surface area contributed by atoms with E-state index in [9.17, 15) is 5.11 Å². The second-order valence-corrected chi connectivity index (χ2v) is 5.68. The number of benzene rings is 1. The fourth-order valence-corrected chi connectivity index (χ4v) is 2.21. The van der Waals surface area contributed by atoms with Crippen LogP contribution >= 0.6 is 15.9 Å².